The van der Waals surface area contributed by atoms with E-state index in [1.807, 2.05) is 5.38 Å². The van der Waals surface area contributed by atoms with Gasteiger partial charge in [-0.2, -0.15) is 0 Å². The van der Waals surface area contributed by atoms with Crippen LogP contribution in [0.1, 0.15) is 42.9 Å². The summed E-state index contributed by atoms with van der Waals surface area (Å²) in [5.41, 5.74) is 1.27. The standard InChI is InChI=1S/C15H17N3O2S/c1-7(2)13-12-10(6-21-13)15(20)18(9(4)17-12)11-5-8(3)16-14(11)19/h6-7,11H,3,5H2,1-2,4H3,(H,16,19). The summed E-state index contributed by atoms with van der Waals surface area (Å²) in [6.07, 6.45) is 0.438. The first-order valence-electron chi connectivity index (χ1n) is 6.89. The second kappa shape index (κ2) is 4.80. The van der Waals surface area contributed by atoms with Gasteiger partial charge in [0.1, 0.15) is 11.9 Å². The lowest BCUT2D eigenvalue weighted by Crippen LogP contribution is -2.32. The number of nitrogens with one attached hydrogen (secondary N) is 1. The van der Waals surface area contributed by atoms with Crippen LogP contribution in [0, 0.1) is 6.92 Å². The molecule has 0 spiro atoms. The van der Waals surface area contributed by atoms with Crippen LogP contribution in [0.5, 0.6) is 0 Å². The molecule has 3 heterocycles. The van der Waals surface area contributed by atoms with Crippen LogP contribution < -0.4 is 10.9 Å². The summed E-state index contributed by atoms with van der Waals surface area (Å²) >= 11 is 1.55. The molecule has 0 radical (unpaired) electrons. The highest BCUT2D eigenvalue weighted by Crippen LogP contribution is 2.30. The highest BCUT2D eigenvalue weighted by Gasteiger charge is 2.31. The Balaban J connectivity index is 2.24. The SMILES string of the molecule is C=C1CC(n2c(C)nc3c(C(C)C)scc3c2=O)C(=O)N1. The maximum atomic E-state index is 12.7. The quantitative estimate of drug-likeness (QED) is 0.927. The number of nitrogens with zero attached hydrogens (tertiary/aromatic N) is 2. The van der Waals surface area contributed by atoms with E-state index in [-0.39, 0.29) is 11.5 Å². The van der Waals surface area contributed by atoms with Crippen molar-refractivity contribution >= 4 is 28.1 Å². The van der Waals surface area contributed by atoms with Crippen molar-refractivity contribution in [3.63, 3.8) is 0 Å². The van der Waals surface area contributed by atoms with Gasteiger partial charge in [-0.1, -0.05) is 20.4 Å². The Labute approximate surface area is 126 Å². The minimum absolute atomic E-state index is 0.143. The van der Waals surface area contributed by atoms with E-state index >= 15 is 0 Å². The molecule has 0 aliphatic carbocycles. The van der Waals surface area contributed by atoms with Crippen molar-refractivity contribution in [1.82, 2.24) is 14.9 Å². The molecule has 0 saturated carbocycles. The van der Waals surface area contributed by atoms with Gasteiger partial charge in [-0.05, 0) is 12.8 Å². The summed E-state index contributed by atoms with van der Waals surface area (Å²) in [7, 11) is 0. The Morgan fingerprint density at radius 1 is 1.48 bits per heavy atom. The molecule has 110 valence electrons. The van der Waals surface area contributed by atoms with E-state index in [2.05, 4.69) is 30.7 Å². The summed E-state index contributed by atoms with van der Waals surface area (Å²) in [6, 6.07) is -0.538. The molecule has 6 heteroatoms. The number of allylic oxidation sites excluding steroid dienone is 1. The van der Waals surface area contributed by atoms with Crippen molar-refractivity contribution < 1.29 is 4.79 Å². The largest absolute Gasteiger partial charge is 0.328 e. The van der Waals surface area contributed by atoms with Gasteiger partial charge in [-0.25, -0.2) is 4.98 Å². The average Bonchev–Trinajstić information content (AvgIpc) is 2.93. The van der Waals surface area contributed by atoms with Crippen molar-refractivity contribution in [2.24, 2.45) is 0 Å². The number of thiophene rings is 1. The molecule has 2 aromatic rings. The number of hydrogen-bond donors (Lipinski definition) is 1. The third-order valence-corrected chi connectivity index (χ3v) is 5.01. The van der Waals surface area contributed by atoms with Crippen molar-refractivity contribution in [3.8, 4) is 0 Å². The molecule has 1 amide bonds. The average molecular weight is 303 g/mol. The Morgan fingerprint density at radius 3 is 2.76 bits per heavy atom. The molecule has 1 unspecified atom stereocenters. The number of amides is 1. The minimum Gasteiger partial charge on any atom is -0.328 e. The van der Waals surface area contributed by atoms with Crippen LogP contribution in [0.15, 0.2) is 22.5 Å². The second-order valence-electron chi connectivity index (χ2n) is 5.66. The normalized spacial score (nSPS) is 18.8. The van der Waals surface area contributed by atoms with Crippen LogP contribution >= 0.6 is 11.3 Å². The number of carbonyl (C=O) groups excluding carboxylic acids is 1. The van der Waals surface area contributed by atoms with Gasteiger partial charge in [0.25, 0.3) is 5.56 Å². The van der Waals surface area contributed by atoms with Gasteiger partial charge >= 0.3 is 0 Å². The van der Waals surface area contributed by atoms with Crippen molar-refractivity contribution in [2.45, 2.75) is 39.2 Å². The van der Waals surface area contributed by atoms with E-state index in [0.29, 0.717) is 29.2 Å². The second-order valence-corrected chi connectivity index (χ2v) is 6.58. The van der Waals surface area contributed by atoms with Crippen LogP contribution in [0.2, 0.25) is 0 Å². The molecule has 1 aliphatic heterocycles. The molecule has 0 aromatic carbocycles. The number of aryl methyl sites for hydroxylation is 1. The predicted octanol–water partition coefficient (Wildman–Crippen LogP) is 2.46. The zero-order valence-corrected chi connectivity index (χ0v) is 13.1. The number of fused-ring (bicyclic) bond motifs is 1. The summed E-state index contributed by atoms with van der Waals surface area (Å²) in [6.45, 7) is 9.71. The lowest BCUT2D eigenvalue weighted by molar-refractivity contribution is -0.121. The first kappa shape index (κ1) is 14.0. The molecule has 2 aromatic heterocycles. The van der Waals surface area contributed by atoms with Crippen LogP contribution in [0.25, 0.3) is 10.9 Å². The molecule has 21 heavy (non-hydrogen) atoms. The molecular weight excluding hydrogens is 286 g/mol. The van der Waals surface area contributed by atoms with Gasteiger partial charge < -0.3 is 5.32 Å². The third kappa shape index (κ3) is 2.10. The van der Waals surface area contributed by atoms with Crippen LogP contribution in [0.3, 0.4) is 0 Å². The lowest BCUT2D eigenvalue weighted by atomic mass is 10.1. The Kier molecular flexibility index (Phi) is 3.20. The number of carbonyl (C=O) groups is 1. The smallest absolute Gasteiger partial charge is 0.262 e. The zero-order valence-electron chi connectivity index (χ0n) is 12.3. The van der Waals surface area contributed by atoms with Crippen molar-refractivity contribution in [3.05, 3.63) is 38.7 Å². The summed E-state index contributed by atoms with van der Waals surface area (Å²) in [5, 5.41) is 5.11. The maximum absolute atomic E-state index is 12.7. The summed E-state index contributed by atoms with van der Waals surface area (Å²) < 4.78 is 1.49. The van der Waals surface area contributed by atoms with Gasteiger partial charge in [-0.15, -0.1) is 11.3 Å². The first-order chi connectivity index (χ1) is 9.90. The number of aromatic nitrogens is 2. The fourth-order valence-corrected chi connectivity index (χ4v) is 3.74. The van der Waals surface area contributed by atoms with Gasteiger partial charge in [-0.3, -0.25) is 14.2 Å². The van der Waals surface area contributed by atoms with Gasteiger partial charge in [0.2, 0.25) is 5.91 Å². The predicted molar refractivity (Wildman–Crippen MR) is 83.6 cm³/mol. The van der Waals surface area contributed by atoms with E-state index in [1.54, 1.807) is 18.3 Å². The van der Waals surface area contributed by atoms with Crippen LogP contribution in [-0.4, -0.2) is 15.5 Å². The lowest BCUT2D eigenvalue weighted by Gasteiger charge is -2.14. The molecule has 0 bridgehead atoms. The Bertz CT molecular complexity index is 816. The monoisotopic (exact) mass is 303 g/mol. The topological polar surface area (TPSA) is 64.0 Å². The third-order valence-electron chi connectivity index (χ3n) is 3.74. The Morgan fingerprint density at radius 2 is 2.19 bits per heavy atom. The van der Waals surface area contributed by atoms with Crippen LogP contribution in [-0.2, 0) is 4.79 Å². The first-order valence-corrected chi connectivity index (χ1v) is 7.77. The van der Waals surface area contributed by atoms with E-state index in [4.69, 9.17) is 0 Å². The fourth-order valence-electron chi connectivity index (χ4n) is 2.75. The molecule has 1 fully saturated rings. The van der Waals surface area contributed by atoms with E-state index in [9.17, 15) is 9.59 Å². The number of rotatable bonds is 2. The highest BCUT2D eigenvalue weighted by atomic mass is 32.1. The zero-order chi connectivity index (χ0) is 15.3. The molecule has 1 atom stereocenters. The van der Waals surface area contributed by atoms with Gasteiger partial charge in [0.05, 0.1) is 10.9 Å². The molecule has 1 N–H and O–H groups in total. The number of hydrogen-bond acceptors (Lipinski definition) is 4. The summed E-state index contributed by atoms with van der Waals surface area (Å²) in [5.74, 6) is 0.706. The molecule has 5 nitrogen and oxygen atoms in total. The van der Waals surface area contributed by atoms with E-state index < -0.39 is 6.04 Å². The van der Waals surface area contributed by atoms with E-state index in [0.717, 1.165) is 10.4 Å². The summed E-state index contributed by atoms with van der Waals surface area (Å²) in [4.78, 5) is 30.4. The molecule has 1 aliphatic rings. The Hall–Kier alpha value is -1.95. The maximum Gasteiger partial charge on any atom is 0.262 e. The fraction of sp³-hybridized carbons (Fsp3) is 0.400. The highest BCUT2D eigenvalue weighted by molar-refractivity contribution is 7.11. The molecular formula is C15H17N3O2S. The molecule has 3 rings (SSSR count). The van der Waals surface area contributed by atoms with Crippen molar-refractivity contribution in [1.29, 1.82) is 0 Å². The van der Waals surface area contributed by atoms with Gasteiger partial charge in [0, 0.05) is 22.4 Å². The minimum atomic E-state index is -0.538. The molecule has 1 saturated heterocycles. The van der Waals surface area contributed by atoms with Gasteiger partial charge in [0.15, 0.2) is 0 Å². The van der Waals surface area contributed by atoms with Crippen molar-refractivity contribution in [2.75, 3.05) is 0 Å². The van der Waals surface area contributed by atoms with Crippen LogP contribution in [0.4, 0.5) is 0 Å². The van der Waals surface area contributed by atoms with E-state index in [1.165, 1.54) is 4.57 Å².